The van der Waals surface area contributed by atoms with Crippen molar-refractivity contribution >= 4 is 45.1 Å². The highest BCUT2D eigenvalue weighted by molar-refractivity contribution is 9.11. The monoisotopic (exact) mass is 571 g/mol. The maximum absolute atomic E-state index is 13.2. The highest BCUT2D eigenvalue weighted by Gasteiger charge is 2.44. The first-order chi connectivity index (χ1) is 16.3. The number of rotatable bonds is 2. The zero-order valence-electron chi connectivity index (χ0n) is 21.4. The predicted molar refractivity (Wildman–Crippen MR) is 139 cm³/mol. The topological polar surface area (TPSA) is 109 Å². The van der Waals surface area contributed by atoms with E-state index in [4.69, 9.17) is 9.47 Å². The first-order valence-corrected chi connectivity index (χ1v) is 14.0. The molecule has 2 N–H and O–H groups in total. The number of cyclic esters (lactones) is 1. The van der Waals surface area contributed by atoms with Crippen LogP contribution in [0.5, 0.6) is 0 Å². The molecule has 2 saturated heterocycles. The molecule has 0 radical (unpaired) electrons. The number of aryl methyl sites for hydroxylation is 1. The average molecular weight is 573 g/mol. The molecule has 0 aromatic carbocycles. The van der Waals surface area contributed by atoms with Crippen molar-refractivity contribution in [2.24, 2.45) is 17.3 Å². The number of thiazole rings is 1. The van der Waals surface area contributed by atoms with Crippen LogP contribution in [-0.4, -0.2) is 57.5 Å². The van der Waals surface area contributed by atoms with E-state index in [2.05, 4.69) is 20.9 Å². The summed E-state index contributed by atoms with van der Waals surface area (Å²) < 4.78 is 12.6. The highest BCUT2D eigenvalue weighted by Crippen LogP contribution is 2.37. The van der Waals surface area contributed by atoms with Gasteiger partial charge >= 0.3 is 5.97 Å². The quantitative estimate of drug-likeness (QED) is 0.385. The van der Waals surface area contributed by atoms with Crippen molar-refractivity contribution in [3.05, 3.63) is 20.1 Å². The van der Waals surface area contributed by atoms with E-state index in [0.717, 1.165) is 39.3 Å². The van der Waals surface area contributed by atoms with Crippen LogP contribution in [0.1, 0.15) is 77.4 Å². The molecule has 2 aliphatic rings. The van der Waals surface area contributed by atoms with Gasteiger partial charge in [-0.25, -0.2) is 4.98 Å². The SMILES string of the molecule is CC(=Cc1nc(C)sc1Br)[C@H]1C[C@@H]2O[C@H]2CCC[C@@H](C)[C@@H](O)[C@H](C)C(=O)C(C)(C)[C@H](O)CC(=O)O1. The number of carbonyl (C=O) groups is 2. The van der Waals surface area contributed by atoms with Gasteiger partial charge in [0.2, 0.25) is 0 Å². The van der Waals surface area contributed by atoms with Crippen molar-refractivity contribution in [3.63, 3.8) is 0 Å². The fraction of sp³-hybridized carbons (Fsp3) is 0.731. The van der Waals surface area contributed by atoms with Crippen molar-refractivity contribution in [2.45, 2.75) is 104 Å². The Morgan fingerprint density at radius 2 is 1.89 bits per heavy atom. The number of ether oxygens (including phenoxy) is 2. The van der Waals surface area contributed by atoms with Gasteiger partial charge in [0.25, 0.3) is 0 Å². The van der Waals surface area contributed by atoms with Crippen LogP contribution in [0.3, 0.4) is 0 Å². The Bertz CT molecular complexity index is 960. The van der Waals surface area contributed by atoms with E-state index < -0.39 is 35.6 Å². The zero-order chi connectivity index (χ0) is 26.1. The first kappa shape index (κ1) is 28.4. The number of halogens is 1. The number of Topliss-reactive ketones (excluding diaryl/α,β-unsaturated/α-hetero) is 1. The lowest BCUT2D eigenvalue weighted by Crippen LogP contribution is -2.45. The summed E-state index contributed by atoms with van der Waals surface area (Å²) in [5.74, 6) is -1.54. The molecule has 35 heavy (non-hydrogen) atoms. The zero-order valence-corrected chi connectivity index (χ0v) is 23.8. The number of hydrogen-bond acceptors (Lipinski definition) is 8. The summed E-state index contributed by atoms with van der Waals surface area (Å²) in [7, 11) is 0. The Morgan fingerprint density at radius 1 is 1.20 bits per heavy atom. The Labute approximate surface area is 220 Å². The molecule has 2 aliphatic heterocycles. The highest BCUT2D eigenvalue weighted by atomic mass is 79.9. The number of aliphatic hydroxyl groups is 2. The van der Waals surface area contributed by atoms with E-state index in [1.54, 1.807) is 32.1 Å². The molecule has 196 valence electrons. The summed E-state index contributed by atoms with van der Waals surface area (Å²) in [5, 5.41) is 22.6. The second-order valence-electron chi connectivity index (χ2n) is 10.7. The third-order valence-electron chi connectivity index (χ3n) is 7.48. The molecule has 7 nitrogen and oxygen atoms in total. The van der Waals surface area contributed by atoms with E-state index in [1.807, 2.05) is 26.8 Å². The minimum atomic E-state index is -1.23. The third-order valence-corrected chi connectivity index (χ3v) is 9.15. The van der Waals surface area contributed by atoms with Gasteiger partial charge in [0.15, 0.2) is 0 Å². The van der Waals surface area contributed by atoms with Crippen LogP contribution in [0.4, 0.5) is 0 Å². The average Bonchev–Trinajstić information content (AvgIpc) is 3.44. The normalized spacial score (nSPS) is 35.3. The van der Waals surface area contributed by atoms with Crippen molar-refractivity contribution in [2.75, 3.05) is 0 Å². The molecule has 9 heteroatoms. The van der Waals surface area contributed by atoms with E-state index in [0.29, 0.717) is 6.42 Å². The van der Waals surface area contributed by atoms with Crippen LogP contribution in [0.25, 0.3) is 6.08 Å². The molecular weight excluding hydrogens is 534 g/mol. The number of carbonyl (C=O) groups excluding carboxylic acids is 2. The Hall–Kier alpha value is -1.13. The van der Waals surface area contributed by atoms with Crippen LogP contribution in [0.2, 0.25) is 0 Å². The van der Waals surface area contributed by atoms with Crippen LogP contribution < -0.4 is 0 Å². The molecule has 2 fully saturated rings. The first-order valence-electron chi connectivity index (χ1n) is 12.4. The smallest absolute Gasteiger partial charge is 0.309 e. The van der Waals surface area contributed by atoms with Gasteiger partial charge in [0.1, 0.15) is 11.9 Å². The van der Waals surface area contributed by atoms with Crippen molar-refractivity contribution in [3.8, 4) is 0 Å². The largest absolute Gasteiger partial charge is 0.458 e. The Kier molecular flexibility index (Phi) is 9.35. The lowest BCUT2D eigenvalue weighted by molar-refractivity contribution is -0.154. The number of esters is 1. The summed E-state index contributed by atoms with van der Waals surface area (Å²) in [6.45, 7) is 10.7. The second-order valence-corrected chi connectivity index (χ2v) is 13.2. The molecule has 3 heterocycles. The van der Waals surface area contributed by atoms with Gasteiger partial charge in [0, 0.05) is 12.3 Å². The lowest BCUT2D eigenvalue weighted by atomic mass is 9.73. The van der Waals surface area contributed by atoms with E-state index >= 15 is 0 Å². The number of aliphatic hydroxyl groups excluding tert-OH is 2. The minimum absolute atomic E-state index is 0.00763. The molecule has 0 saturated carbocycles. The molecule has 1 aromatic rings. The van der Waals surface area contributed by atoms with E-state index in [9.17, 15) is 19.8 Å². The van der Waals surface area contributed by atoms with E-state index in [-0.39, 0.29) is 30.3 Å². The number of aromatic nitrogens is 1. The van der Waals surface area contributed by atoms with Gasteiger partial charge in [-0.05, 0) is 60.2 Å². The molecule has 0 aliphatic carbocycles. The van der Waals surface area contributed by atoms with Gasteiger partial charge in [0.05, 0.1) is 50.7 Å². The van der Waals surface area contributed by atoms with Gasteiger partial charge in [-0.1, -0.05) is 34.1 Å². The molecule has 3 rings (SSSR count). The lowest BCUT2D eigenvalue weighted by Gasteiger charge is -2.34. The maximum atomic E-state index is 13.2. The van der Waals surface area contributed by atoms with Crippen LogP contribution in [0, 0.1) is 24.2 Å². The van der Waals surface area contributed by atoms with E-state index in [1.165, 1.54) is 0 Å². The van der Waals surface area contributed by atoms with Crippen LogP contribution in [0.15, 0.2) is 9.36 Å². The number of nitrogens with zero attached hydrogens (tertiary/aromatic N) is 1. The maximum Gasteiger partial charge on any atom is 0.309 e. The second kappa shape index (κ2) is 11.5. The van der Waals surface area contributed by atoms with Gasteiger partial charge in [-0.3, -0.25) is 9.59 Å². The molecule has 0 unspecified atom stereocenters. The van der Waals surface area contributed by atoms with Gasteiger partial charge in [-0.15, -0.1) is 11.3 Å². The summed E-state index contributed by atoms with van der Waals surface area (Å²) in [5.41, 5.74) is 0.425. The summed E-state index contributed by atoms with van der Waals surface area (Å²) in [6, 6.07) is 0. The van der Waals surface area contributed by atoms with Crippen LogP contribution >= 0.6 is 27.3 Å². The van der Waals surface area contributed by atoms with Crippen LogP contribution in [-0.2, 0) is 19.1 Å². The van der Waals surface area contributed by atoms with Crippen molar-refractivity contribution in [1.29, 1.82) is 0 Å². The summed E-state index contributed by atoms with van der Waals surface area (Å²) in [4.78, 5) is 30.6. The molecule has 0 spiro atoms. The van der Waals surface area contributed by atoms with Crippen molar-refractivity contribution in [1.82, 2.24) is 4.98 Å². The standard InChI is InChI=1S/C26H38BrNO6S/c1-13-8-7-9-18-20(33-18)11-19(14(2)10-17-25(27)35-16(4)28-17)34-22(30)12-21(29)26(5,6)24(32)15(3)23(13)31/h10,13,15,18-21,23,29,31H,7-9,11-12H2,1-6H3/t13-,15+,18+,19-,20+,21-,23-/m1/s1. The Balaban J connectivity index is 1.84. The van der Waals surface area contributed by atoms with Gasteiger partial charge < -0.3 is 19.7 Å². The molecular formula is C26H38BrNO6S. The minimum Gasteiger partial charge on any atom is -0.458 e. The fourth-order valence-corrected chi connectivity index (χ4v) is 6.34. The molecule has 0 amide bonds. The molecule has 7 atom stereocenters. The number of fused-ring (bicyclic) bond motifs is 1. The Morgan fingerprint density at radius 3 is 2.51 bits per heavy atom. The number of hydrogen-bond donors (Lipinski definition) is 2. The summed E-state index contributed by atoms with van der Waals surface area (Å²) >= 11 is 5.08. The third kappa shape index (κ3) is 7.01. The summed E-state index contributed by atoms with van der Waals surface area (Å²) in [6.07, 6.45) is 2.16. The predicted octanol–water partition coefficient (Wildman–Crippen LogP) is 4.85. The number of ketones is 1. The molecule has 0 bridgehead atoms. The number of epoxide rings is 1. The molecule has 1 aromatic heterocycles. The van der Waals surface area contributed by atoms with Gasteiger partial charge in [-0.2, -0.15) is 0 Å². The van der Waals surface area contributed by atoms with Crippen molar-refractivity contribution < 1.29 is 29.3 Å². The fourth-order valence-electron chi connectivity index (χ4n) is 4.82.